The third-order valence-corrected chi connectivity index (χ3v) is 4.20. The summed E-state index contributed by atoms with van der Waals surface area (Å²) >= 11 is 1.52. The Labute approximate surface area is 131 Å². The van der Waals surface area contributed by atoms with Gasteiger partial charge < -0.3 is 4.52 Å². The van der Waals surface area contributed by atoms with Gasteiger partial charge in [-0.3, -0.25) is 14.1 Å². The van der Waals surface area contributed by atoms with Crippen molar-refractivity contribution in [3.63, 3.8) is 0 Å². The summed E-state index contributed by atoms with van der Waals surface area (Å²) in [5, 5.41) is 3.90. The molecule has 0 saturated heterocycles. The highest BCUT2D eigenvalue weighted by Crippen LogP contribution is 2.14. The molecule has 0 saturated carbocycles. The smallest absolute Gasteiger partial charge is 0.258 e. The Morgan fingerprint density at radius 2 is 2.14 bits per heavy atom. The van der Waals surface area contributed by atoms with E-state index in [1.807, 2.05) is 20.0 Å². The molecule has 8 heteroatoms. The van der Waals surface area contributed by atoms with Gasteiger partial charge in [-0.15, -0.1) is 11.3 Å². The summed E-state index contributed by atoms with van der Waals surface area (Å²) in [6.45, 7) is 7.73. The number of hydrogen-bond donors (Lipinski definition) is 0. The lowest BCUT2D eigenvalue weighted by Crippen LogP contribution is -2.25. The quantitative estimate of drug-likeness (QED) is 0.713. The molecule has 0 N–H and O–H groups in total. The molecule has 0 spiro atoms. The van der Waals surface area contributed by atoms with E-state index in [1.54, 1.807) is 17.4 Å². The van der Waals surface area contributed by atoms with Gasteiger partial charge in [0.05, 0.1) is 12.2 Å². The van der Waals surface area contributed by atoms with E-state index in [-0.39, 0.29) is 5.56 Å². The van der Waals surface area contributed by atoms with E-state index in [1.165, 1.54) is 11.3 Å². The molecule has 0 aromatic carbocycles. The van der Waals surface area contributed by atoms with Gasteiger partial charge in [-0.05, 0) is 13.5 Å². The summed E-state index contributed by atoms with van der Waals surface area (Å²) in [7, 11) is 0. The Morgan fingerprint density at radius 3 is 2.82 bits per heavy atom. The highest BCUT2D eigenvalue weighted by atomic mass is 32.1. The molecule has 0 bridgehead atoms. The minimum atomic E-state index is -0.0455. The third kappa shape index (κ3) is 3.07. The van der Waals surface area contributed by atoms with Crippen molar-refractivity contribution in [1.82, 2.24) is 24.4 Å². The molecule has 3 heterocycles. The van der Waals surface area contributed by atoms with Crippen molar-refractivity contribution < 1.29 is 4.52 Å². The second-order valence-electron chi connectivity index (χ2n) is 5.11. The first-order chi connectivity index (χ1) is 10.5. The molecule has 116 valence electrons. The number of nitrogens with zero attached hydrogens (tertiary/aromatic N) is 5. The van der Waals surface area contributed by atoms with Crippen LogP contribution in [0.4, 0.5) is 0 Å². The van der Waals surface area contributed by atoms with E-state index in [4.69, 9.17) is 4.52 Å². The number of hydrogen-bond acceptors (Lipinski definition) is 7. The highest BCUT2D eigenvalue weighted by Gasteiger charge is 2.12. The van der Waals surface area contributed by atoms with Crippen LogP contribution >= 0.6 is 11.3 Å². The molecule has 3 aromatic heterocycles. The Bertz CT molecular complexity index is 850. The number of aryl methyl sites for hydroxylation is 2. The molecule has 3 aromatic rings. The van der Waals surface area contributed by atoms with Gasteiger partial charge in [0.1, 0.15) is 0 Å². The van der Waals surface area contributed by atoms with Crippen LogP contribution in [0.5, 0.6) is 0 Å². The Balaban J connectivity index is 1.82. The van der Waals surface area contributed by atoms with Crippen LogP contribution in [0.1, 0.15) is 29.2 Å². The molecular formula is C14H17N5O2S. The van der Waals surface area contributed by atoms with Gasteiger partial charge in [-0.25, -0.2) is 4.98 Å². The van der Waals surface area contributed by atoms with Crippen LogP contribution < -0.4 is 5.56 Å². The first kappa shape index (κ1) is 14.9. The summed E-state index contributed by atoms with van der Waals surface area (Å²) < 4.78 is 6.57. The zero-order valence-electron chi connectivity index (χ0n) is 12.7. The van der Waals surface area contributed by atoms with E-state index < -0.39 is 0 Å². The van der Waals surface area contributed by atoms with E-state index in [2.05, 4.69) is 20.0 Å². The lowest BCUT2D eigenvalue weighted by atomic mass is 10.3. The second kappa shape index (κ2) is 5.98. The summed E-state index contributed by atoms with van der Waals surface area (Å²) in [4.78, 5) is 24.8. The maximum atomic E-state index is 12.1. The van der Waals surface area contributed by atoms with E-state index in [0.717, 1.165) is 22.1 Å². The predicted molar refractivity (Wildman–Crippen MR) is 82.9 cm³/mol. The first-order valence-electron chi connectivity index (χ1n) is 7.05. The molecule has 0 aliphatic carbocycles. The SMILES string of the molecule is CCN(Cc1cc(=O)n2cc(C)sc2n1)Cc1noc(C)n1. The molecule has 0 aliphatic heterocycles. The van der Waals surface area contributed by atoms with E-state index >= 15 is 0 Å². The average molecular weight is 319 g/mol. The molecule has 7 nitrogen and oxygen atoms in total. The summed E-state index contributed by atoms with van der Waals surface area (Å²) in [6.07, 6.45) is 1.82. The lowest BCUT2D eigenvalue weighted by molar-refractivity contribution is 0.256. The average Bonchev–Trinajstić information content (AvgIpc) is 3.03. The van der Waals surface area contributed by atoms with Crippen LogP contribution in [0.15, 0.2) is 21.6 Å². The molecular weight excluding hydrogens is 302 g/mol. The second-order valence-corrected chi connectivity index (χ2v) is 6.33. The summed E-state index contributed by atoms with van der Waals surface area (Å²) in [5.41, 5.74) is 0.713. The van der Waals surface area contributed by atoms with Crippen molar-refractivity contribution >= 4 is 16.3 Å². The molecule has 0 radical (unpaired) electrons. The van der Waals surface area contributed by atoms with Crippen molar-refractivity contribution in [2.45, 2.75) is 33.9 Å². The Morgan fingerprint density at radius 1 is 1.32 bits per heavy atom. The maximum absolute atomic E-state index is 12.1. The summed E-state index contributed by atoms with van der Waals surface area (Å²) in [5.74, 6) is 1.20. The van der Waals surface area contributed by atoms with Crippen molar-refractivity contribution in [1.29, 1.82) is 0 Å². The number of aromatic nitrogens is 4. The van der Waals surface area contributed by atoms with Crippen molar-refractivity contribution in [2.75, 3.05) is 6.54 Å². The normalized spacial score (nSPS) is 11.6. The molecule has 3 rings (SSSR count). The number of rotatable bonds is 5. The van der Waals surface area contributed by atoms with Gasteiger partial charge in [-0.1, -0.05) is 12.1 Å². The van der Waals surface area contributed by atoms with Gasteiger partial charge in [0.15, 0.2) is 10.8 Å². The maximum Gasteiger partial charge on any atom is 0.258 e. The zero-order chi connectivity index (χ0) is 15.7. The fourth-order valence-corrected chi connectivity index (χ4v) is 3.10. The highest BCUT2D eigenvalue weighted by molar-refractivity contribution is 7.16. The van der Waals surface area contributed by atoms with Gasteiger partial charge >= 0.3 is 0 Å². The first-order valence-corrected chi connectivity index (χ1v) is 7.87. The predicted octanol–water partition coefficient (Wildman–Crippen LogP) is 1.78. The number of fused-ring (bicyclic) bond motifs is 1. The lowest BCUT2D eigenvalue weighted by Gasteiger charge is -2.17. The molecule has 0 aliphatic rings. The van der Waals surface area contributed by atoms with Crippen LogP contribution in [0.25, 0.3) is 4.96 Å². The standard InChI is InChI=1S/C14H17N5O2S/c1-4-18(8-12-15-10(3)21-17-12)7-11-5-13(20)19-6-9(2)22-14(19)16-11/h5-6H,4,7-8H2,1-3H3. The third-order valence-electron chi connectivity index (χ3n) is 3.30. The monoisotopic (exact) mass is 319 g/mol. The van der Waals surface area contributed by atoms with Crippen LogP contribution in [0.2, 0.25) is 0 Å². The topological polar surface area (TPSA) is 76.5 Å². The molecule has 0 fully saturated rings. The minimum Gasteiger partial charge on any atom is -0.340 e. The Kier molecular flexibility index (Phi) is 4.04. The van der Waals surface area contributed by atoms with Crippen molar-refractivity contribution in [2.24, 2.45) is 0 Å². The van der Waals surface area contributed by atoms with E-state index in [9.17, 15) is 4.79 Å². The molecule has 0 amide bonds. The molecule has 0 atom stereocenters. The fourth-order valence-electron chi connectivity index (χ4n) is 2.25. The molecule has 0 unspecified atom stereocenters. The van der Waals surface area contributed by atoms with Gasteiger partial charge in [0.2, 0.25) is 5.89 Å². The van der Waals surface area contributed by atoms with Gasteiger partial charge in [0.25, 0.3) is 5.56 Å². The fraction of sp³-hybridized carbons (Fsp3) is 0.429. The minimum absolute atomic E-state index is 0.0455. The van der Waals surface area contributed by atoms with Crippen molar-refractivity contribution in [3.05, 3.63) is 44.9 Å². The van der Waals surface area contributed by atoms with E-state index in [0.29, 0.717) is 24.8 Å². The summed E-state index contributed by atoms with van der Waals surface area (Å²) in [6, 6.07) is 1.59. The largest absolute Gasteiger partial charge is 0.340 e. The zero-order valence-corrected chi connectivity index (χ0v) is 13.6. The van der Waals surface area contributed by atoms with Gasteiger partial charge in [0, 0.05) is 30.6 Å². The van der Waals surface area contributed by atoms with Crippen molar-refractivity contribution in [3.8, 4) is 0 Å². The molecule has 22 heavy (non-hydrogen) atoms. The van der Waals surface area contributed by atoms with Crippen LogP contribution in [0.3, 0.4) is 0 Å². The number of thiazole rings is 1. The van der Waals surface area contributed by atoms with Crippen LogP contribution in [0, 0.1) is 13.8 Å². The van der Waals surface area contributed by atoms with Crippen LogP contribution in [-0.2, 0) is 13.1 Å². The van der Waals surface area contributed by atoms with Gasteiger partial charge in [-0.2, -0.15) is 4.98 Å². The van der Waals surface area contributed by atoms with Crippen LogP contribution in [-0.4, -0.2) is 31.0 Å². The Hall–Kier alpha value is -2.06.